The molecule has 2 rings (SSSR count). The molecule has 2 heterocycles. The van der Waals surface area contributed by atoms with Gasteiger partial charge < -0.3 is 10.1 Å². The minimum absolute atomic E-state index is 0.198. The highest BCUT2D eigenvalue weighted by Gasteiger charge is 2.17. The third-order valence-corrected chi connectivity index (χ3v) is 4.75. The molecule has 0 radical (unpaired) electrons. The van der Waals surface area contributed by atoms with Crippen LogP contribution in [0.3, 0.4) is 0 Å². The maximum absolute atomic E-state index is 5.32. The third kappa shape index (κ3) is 2.91. The molecule has 96 valence electrons. The van der Waals surface area contributed by atoms with Crippen LogP contribution in [0.4, 0.5) is 0 Å². The summed E-state index contributed by atoms with van der Waals surface area (Å²) in [6, 6.07) is 6.26. The van der Waals surface area contributed by atoms with Gasteiger partial charge in [-0.25, -0.2) is 4.98 Å². The Morgan fingerprint density at radius 3 is 2.94 bits per heavy atom. The van der Waals surface area contributed by atoms with Crippen molar-refractivity contribution in [1.29, 1.82) is 0 Å². The second kappa shape index (κ2) is 6.31. The summed E-state index contributed by atoms with van der Waals surface area (Å²) in [6.07, 6.45) is 2.66. The van der Waals surface area contributed by atoms with Gasteiger partial charge in [-0.15, -0.1) is 11.3 Å². The van der Waals surface area contributed by atoms with Crippen LogP contribution in [0.5, 0.6) is 5.88 Å². The number of thiophene rings is 1. The molecule has 3 nitrogen and oxygen atoms in total. The van der Waals surface area contributed by atoms with Crippen LogP contribution in [0.2, 0.25) is 0 Å². The molecule has 5 heteroatoms. The van der Waals surface area contributed by atoms with E-state index in [0.29, 0.717) is 5.88 Å². The van der Waals surface area contributed by atoms with Crippen LogP contribution in [0.1, 0.15) is 16.5 Å². The van der Waals surface area contributed by atoms with Gasteiger partial charge in [-0.3, -0.25) is 0 Å². The maximum atomic E-state index is 5.32. The molecule has 0 amide bonds. The molecule has 0 saturated heterocycles. The third-order valence-electron chi connectivity index (χ3n) is 2.80. The number of aromatic nitrogens is 1. The van der Waals surface area contributed by atoms with Crippen molar-refractivity contribution >= 4 is 27.3 Å². The predicted octanol–water partition coefficient (Wildman–Crippen LogP) is 3.42. The maximum Gasteiger partial charge on any atom is 0.217 e. The van der Waals surface area contributed by atoms with E-state index in [-0.39, 0.29) is 6.04 Å². The van der Waals surface area contributed by atoms with E-state index in [1.807, 2.05) is 13.1 Å². The van der Waals surface area contributed by atoms with E-state index in [9.17, 15) is 0 Å². The first-order valence-electron chi connectivity index (χ1n) is 5.64. The largest absolute Gasteiger partial charge is 0.481 e. The first kappa shape index (κ1) is 13.5. The summed E-state index contributed by atoms with van der Waals surface area (Å²) < 4.78 is 6.48. The van der Waals surface area contributed by atoms with Crippen LogP contribution in [0, 0.1) is 0 Å². The molecule has 1 atom stereocenters. The van der Waals surface area contributed by atoms with Crippen molar-refractivity contribution in [3.05, 3.63) is 44.7 Å². The smallest absolute Gasteiger partial charge is 0.217 e. The second-order valence-corrected chi connectivity index (χ2v) is 5.69. The lowest BCUT2D eigenvalue weighted by Crippen LogP contribution is -2.19. The monoisotopic (exact) mass is 326 g/mol. The van der Waals surface area contributed by atoms with Gasteiger partial charge in [0.25, 0.3) is 0 Å². The van der Waals surface area contributed by atoms with Crippen molar-refractivity contribution in [2.75, 3.05) is 14.2 Å². The predicted molar refractivity (Wildman–Crippen MR) is 78.3 cm³/mol. The summed E-state index contributed by atoms with van der Waals surface area (Å²) in [6.45, 7) is 0. The summed E-state index contributed by atoms with van der Waals surface area (Å²) in [5, 5.41) is 5.41. The van der Waals surface area contributed by atoms with Crippen molar-refractivity contribution in [3.8, 4) is 5.88 Å². The SMILES string of the molecule is CNC(Cc1sccc1Br)c1cccnc1OC. The quantitative estimate of drug-likeness (QED) is 0.914. The number of hydrogen-bond donors (Lipinski definition) is 1. The lowest BCUT2D eigenvalue weighted by atomic mass is 10.0. The molecule has 0 aliphatic heterocycles. The molecule has 2 aromatic rings. The molecule has 0 aliphatic carbocycles. The fourth-order valence-electron chi connectivity index (χ4n) is 1.86. The summed E-state index contributed by atoms with van der Waals surface area (Å²) in [7, 11) is 3.61. The molecule has 0 saturated carbocycles. The van der Waals surface area contributed by atoms with E-state index in [2.05, 4.69) is 43.7 Å². The van der Waals surface area contributed by atoms with Crippen LogP contribution in [-0.2, 0) is 6.42 Å². The Balaban J connectivity index is 2.25. The van der Waals surface area contributed by atoms with Gasteiger partial charge in [-0.1, -0.05) is 6.07 Å². The normalized spacial score (nSPS) is 12.4. The highest BCUT2D eigenvalue weighted by atomic mass is 79.9. The van der Waals surface area contributed by atoms with E-state index < -0.39 is 0 Å². The van der Waals surface area contributed by atoms with Crippen LogP contribution >= 0.6 is 27.3 Å². The average molecular weight is 327 g/mol. The highest BCUT2D eigenvalue weighted by Crippen LogP contribution is 2.30. The average Bonchev–Trinajstić information content (AvgIpc) is 2.81. The number of halogens is 1. The van der Waals surface area contributed by atoms with Crippen molar-refractivity contribution in [2.24, 2.45) is 0 Å². The van der Waals surface area contributed by atoms with E-state index in [0.717, 1.165) is 16.5 Å². The number of nitrogens with one attached hydrogen (secondary N) is 1. The lowest BCUT2D eigenvalue weighted by molar-refractivity contribution is 0.384. The first-order valence-corrected chi connectivity index (χ1v) is 7.31. The zero-order chi connectivity index (χ0) is 13.0. The Kier molecular flexibility index (Phi) is 4.74. The Bertz CT molecular complexity index is 515. The standard InChI is InChI=1S/C13H15BrN2OS/c1-15-11(8-12-10(14)5-7-18-12)9-4-3-6-16-13(9)17-2/h3-7,11,15H,8H2,1-2H3. The van der Waals surface area contributed by atoms with Gasteiger partial charge in [0.2, 0.25) is 5.88 Å². The molecule has 2 aromatic heterocycles. The molecule has 1 unspecified atom stereocenters. The molecular weight excluding hydrogens is 312 g/mol. The van der Waals surface area contributed by atoms with E-state index in [1.165, 1.54) is 4.88 Å². The van der Waals surface area contributed by atoms with Crippen molar-refractivity contribution in [1.82, 2.24) is 10.3 Å². The number of nitrogens with zero attached hydrogens (tertiary/aromatic N) is 1. The van der Waals surface area contributed by atoms with Gasteiger partial charge in [0.1, 0.15) is 0 Å². The van der Waals surface area contributed by atoms with E-state index in [1.54, 1.807) is 24.6 Å². The fourth-order valence-corrected chi connectivity index (χ4v) is 3.42. The molecule has 0 bridgehead atoms. The lowest BCUT2D eigenvalue weighted by Gasteiger charge is -2.18. The second-order valence-electron chi connectivity index (χ2n) is 3.84. The fraction of sp³-hybridized carbons (Fsp3) is 0.308. The number of ether oxygens (including phenoxy) is 1. The summed E-state index contributed by atoms with van der Waals surface area (Å²) in [4.78, 5) is 5.57. The molecule has 0 aromatic carbocycles. The zero-order valence-corrected chi connectivity index (χ0v) is 12.7. The van der Waals surface area contributed by atoms with Gasteiger partial charge in [-0.05, 0) is 40.5 Å². The Hall–Kier alpha value is -0.910. The topological polar surface area (TPSA) is 34.2 Å². The van der Waals surface area contributed by atoms with Crippen LogP contribution in [0.15, 0.2) is 34.2 Å². The molecule has 0 fully saturated rings. The highest BCUT2D eigenvalue weighted by molar-refractivity contribution is 9.10. The Morgan fingerprint density at radius 2 is 2.33 bits per heavy atom. The summed E-state index contributed by atoms with van der Waals surface area (Å²) >= 11 is 5.32. The van der Waals surface area contributed by atoms with Crippen molar-refractivity contribution in [3.63, 3.8) is 0 Å². The van der Waals surface area contributed by atoms with Crippen LogP contribution in [0.25, 0.3) is 0 Å². The summed E-state index contributed by atoms with van der Waals surface area (Å²) in [5.74, 6) is 0.685. The number of rotatable bonds is 5. The number of pyridine rings is 1. The zero-order valence-electron chi connectivity index (χ0n) is 10.3. The number of likely N-dealkylation sites (N-methyl/N-ethyl adjacent to an activating group) is 1. The van der Waals surface area contributed by atoms with Gasteiger partial charge in [0, 0.05) is 33.6 Å². The van der Waals surface area contributed by atoms with Gasteiger partial charge in [-0.2, -0.15) is 0 Å². The van der Waals surface area contributed by atoms with Gasteiger partial charge in [0.15, 0.2) is 0 Å². The molecular formula is C13H15BrN2OS. The number of hydrogen-bond acceptors (Lipinski definition) is 4. The van der Waals surface area contributed by atoms with Crippen molar-refractivity contribution in [2.45, 2.75) is 12.5 Å². The molecule has 1 N–H and O–H groups in total. The Labute approximate surface area is 119 Å². The number of methoxy groups -OCH3 is 1. The minimum atomic E-state index is 0.198. The minimum Gasteiger partial charge on any atom is -0.481 e. The van der Waals surface area contributed by atoms with E-state index >= 15 is 0 Å². The molecule has 0 spiro atoms. The van der Waals surface area contributed by atoms with E-state index in [4.69, 9.17) is 4.74 Å². The van der Waals surface area contributed by atoms with Crippen LogP contribution in [-0.4, -0.2) is 19.1 Å². The molecule has 0 aliphatic rings. The van der Waals surface area contributed by atoms with Gasteiger partial charge in [0.05, 0.1) is 7.11 Å². The van der Waals surface area contributed by atoms with Gasteiger partial charge >= 0.3 is 0 Å². The van der Waals surface area contributed by atoms with Crippen LogP contribution < -0.4 is 10.1 Å². The first-order chi connectivity index (χ1) is 8.76. The summed E-state index contributed by atoms with van der Waals surface area (Å²) in [5.41, 5.74) is 1.09. The Morgan fingerprint density at radius 1 is 1.50 bits per heavy atom. The molecule has 18 heavy (non-hydrogen) atoms. The van der Waals surface area contributed by atoms with Crippen molar-refractivity contribution < 1.29 is 4.74 Å².